The molecule has 3 N–H and O–H groups in total. The molecule has 1 aliphatic heterocycles. The number of carbonyl (C=O) groups excluding carboxylic acids is 1. The van der Waals surface area contributed by atoms with Gasteiger partial charge in [0.25, 0.3) is 5.91 Å². The molecule has 3 aromatic rings. The van der Waals surface area contributed by atoms with Crippen LogP contribution < -0.4 is 16.6 Å². The summed E-state index contributed by atoms with van der Waals surface area (Å²) in [6, 6.07) is 12.4. The van der Waals surface area contributed by atoms with Crippen molar-refractivity contribution in [3.63, 3.8) is 0 Å². The van der Waals surface area contributed by atoms with Gasteiger partial charge in [-0.1, -0.05) is 32.0 Å². The molecule has 0 spiro atoms. The second kappa shape index (κ2) is 10.7. The van der Waals surface area contributed by atoms with Gasteiger partial charge in [-0.15, -0.1) is 0 Å². The number of hydrogen-bond acceptors (Lipinski definition) is 6. The van der Waals surface area contributed by atoms with Gasteiger partial charge in [0, 0.05) is 44.2 Å². The van der Waals surface area contributed by atoms with E-state index in [4.69, 9.17) is 0 Å². The topological polar surface area (TPSA) is 124 Å². The summed E-state index contributed by atoms with van der Waals surface area (Å²) >= 11 is 0. The number of nitro groups is 1. The molecule has 1 saturated heterocycles. The highest BCUT2D eigenvalue weighted by Gasteiger charge is 2.31. The SMILES string of the molecule is CC.Cn1c(=O)c([N+](=O)[O-])c(N2CCN(C(=O)c3ccc(F)cc3)CC2)c2ccccc21.N. The van der Waals surface area contributed by atoms with Crippen molar-refractivity contribution in [2.75, 3.05) is 31.1 Å². The summed E-state index contributed by atoms with van der Waals surface area (Å²) in [5.41, 5.74) is 0.142. The normalized spacial score (nSPS) is 13.1. The molecular formula is C23H28FN5O4. The second-order valence-electron chi connectivity index (χ2n) is 7.12. The van der Waals surface area contributed by atoms with Crippen LogP contribution in [0.4, 0.5) is 15.8 Å². The van der Waals surface area contributed by atoms with Crippen LogP contribution in [0.1, 0.15) is 24.2 Å². The van der Waals surface area contributed by atoms with Gasteiger partial charge in [-0.3, -0.25) is 19.7 Å². The van der Waals surface area contributed by atoms with Crippen molar-refractivity contribution in [3.8, 4) is 0 Å². The van der Waals surface area contributed by atoms with Crippen LogP contribution in [-0.2, 0) is 7.05 Å². The number of para-hydroxylation sites is 1. The maximum Gasteiger partial charge on any atom is 0.357 e. The number of hydrogen-bond donors (Lipinski definition) is 1. The van der Waals surface area contributed by atoms with E-state index in [0.717, 1.165) is 0 Å². The van der Waals surface area contributed by atoms with Crippen LogP contribution in [0.5, 0.6) is 0 Å². The van der Waals surface area contributed by atoms with E-state index >= 15 is 0 Å². The number of piperazine rings is 1. The Bertz CT molecular complexity index is 1200. The van der Waals surface area contributed by atoms with Gasteiger partial charge in [0.1, 0.15) is 11.5 Å². The standard InChI is InChI=1S/C21H19FN4O4.C2H6.H3N/c1-23-17-5-3-2-4-16(17)18(19(21(23)28)26(29)30)24-10-12-25(13-11-24)20(27)14-6-8-15(22)9-7-14;1-2;/h2-9H,10-13H2,1H3;1-2H3;1H3. The zero-order valence-corrected chi connectivity index (χ0v) is 19.0. The Morgan fingerprint density at radius 3 is 2.15 bits per heavy atom. The first-order chi connectivity index (χ1) is 15.4. The number of aromatic nitrogens is 1. The molecule has 1 aliphatic rings. The molecule has 0 aliphatic carbocycles. The minimum Gasteiger partial charge on any atom is -0.362 e. The molecule has 2 aromatic carbocycles. The zero-order valence-electron chi connectivity index (χ0n) is 19.0. The van der Waals surface area contributed by atoms with Crippen LogP contribution in [-0.4, -0.2) is 46.5 Å². The molecule has 9 nitrogen and oxygen atoms in total. The van der Waals surface area contributed by atoms with E-state index in [-0.39, 0.29) is 17.7 Å². The van der Waals surface area contributed by atoms with Gasteiger partial charge in [0.15, 0.2) is 0 Å². The fourth-order valence-electron chi connectivity index (χ4n) is 3.86. The third kappa shape index (κ3) is 4.85. The molecule has 1 amide bonds. The summed E-state index contributed by atoms with van der Waals surface area (Å²) in [6.07, 6.45) is 0. The lowest BCUT2D eigenvalue weighted by atomic mass is 10.1. The number of pyridine rings is 1. The van der Waals surface area contributed by atoms with Gasteiger partial charge in [-0.2, -0.15) is 0 Å². The Labute approximate surface area is 190 Å². The molecule has 1 aromatic heterocycles. The number of nitrogens with zero attached hydrogens (tertiary/aromatic N) is 4. The maximum atomic E-state index is 13.1. The Morgan fingerprint density at radius 2 is 1.58 bits per heavy atom. The van der Waals surface area contributed by atoms with Crippen LogP contribution >= 0.6 is 0 Å². The van der Waals surface area contributed by atoms with Gasteiger partial charge >= 0.3 is 11.2 Å². The Hall–Kier alpha value is -3.79. The summed E-state index contributed by atoms with van der Waals surface area (Å²) in [5.74, 6) is -0.640. The number of anilines is 1. The summed E-state index contributed by atoms with van der Waals surface area (Å²) in [5, 5.41) is 12.4. The molecule has 0 unspecified atom stereocenters. The predicted octanol–water partition coefficient (Wildman–Crippen LogP) is 3.74. The summed E-state index contributed by atoms with van der Waals surface area (Å²) in [6.45, 7) is 5.34. The van der Waals surface area contributed by atoms with Crippen molar-refractivity contribution in [2.45, 2.75) is 13.8 Å². The van der Waals surface area contributed by atoms with E-state index in [9.17, 15) is 24.1 Å². The van der Waals surface area contributed by atoms with E-state index in [0.29, 0.717) is 42.6 Å². The monoisotopic (exact) mass is 457 g/mol. The molecule has 0 saturated carbocycles. The number of carbonyl (C=O) groups is 1. The van der Waals surface area contributed by atoms with E-state index < -0.39 is 22.0 Å². The van der Waals surface area contributed by atoms with E-state index in [1.807, 2.05) is 13.8 Å². The summed E-state index contributed by atoms with van der Waals surface area (Å²) in [4.78, 5) is 39.8. The van der Waals surface area contributed by atoms with Crippen LogP contribution in [0.3, 0.4) is 0 Å². The number of aryl methyl sites for hydroxylation is 1. The highest BCUT2D eigenvalue weighted by Crippen LogP contribution is 2.33. The molecular weight excluding hydrogens is 429 g/mol. The highest BCUT2D eigenvalue weighted by atomic mass is 19.1. The molecule has 0 atom stereocenters. The van der Waals surface area contributed by atoms with Gasteiger partial charge in [0.05, 0.1) is 10.4 Å². The Morgan fingerprint density at radius 1 is 1.00 bits per heavy atom. The molecule has 33 heavy (non-hydrogen) atoms. The number of fused-ring (bicyclic) bond motifs is 1. The van der Waals surface area contributed by atoms with Crippen LogP contribution in [0.2, 0.25) is 0 Å². The van der Waals surface area contributed by atoms with Crippen molar-refractivity contribution in [1.82, 2.24) is 15.6 Å². The van der Waals surface area contributed by atoms with Crippen molar-refractivity contribution in [1.29, 1.82) is 0 Å². The average Bonchev–Trinajstić information content (AvgIpc) is 2.82. The lowest BCUT2D eigenvalue weighted by Crippen LogP contribution is -2.49. The Balaban J connectivity index is 0.00000125. The van der Waals surface area contributed by atoms with Gasteiger partial charge in [0.2, 0.25) is 0 Å². The van der Waals surface area contributed by atoms with Crippen molar-refractivity contribution in [2.24, 2.45) is 7.05 Å². The number of halogens is 1. The smallest absolute Gasteiger partial charge is 0.357 e. The Kier molecular flexibility index (Phi) is 8.25. The minimum atomic E-state index is -0.668. The third-order valence-electron chi connectivity index (χ3n) is 5.41. The molecule has 4 rings (SSSR count). The molecule has 10 heteroatoms. The first-order valence-corrected chi connectivity index (χ1v) is 10.4. The first-order valence-electron chi connectivity index (χ1n) is 10.4. The predicted molar refractivity (Wildman–Crippen MR) is 127 cm³/mol. The summed E-state index contributed by atoms with van der Waals surface area (Å²) < 4.78 is 14.4. The van der Waals surface area contributed by atoms with Gasteiger partial charge < -0.3 is 20.5 Å². The van der Waals surface area contributed by atoms with Crippen LogP contribution in [0, 0.1) is 15.9 Å². The van der Waals surface area contributed by atoms with Gasteiger partial charge in [-0.05, 0) is 30.3 Å². The molecule has 1 fully saturated rings. The average molecular weight is 458 g/mol. The van der Waals surface area contributed by atoms with Gasteiger partial charge in [-0.25, -0.2) is 4.39 Å². The summed E-state index contributed by atoms with van der Waals surface area (Å²) in [7, 11) is 1.51. The fourth-order valence-corrected chi connectivity index (χ4v) is 3.86. The lowest BCUT2D eigenvalue weighted by molar-refractivity contribution is -0.385. The quantitative estimate of drug-likeness (QED) is 0.472. The number of rotatable bonds is 3. The zero-order chi connectivity index (χ0) is 23.4. The molecule has 2 heterocycles. The van der Waals surface area contributed by atoms with E-state index in [2.05, 4.69) is 0 Å². The molecule has 0 radical (unpaired) electrons. The first kappa shape index (κ1) is 25.5. The maximum absolute atomic E-state index is 13.1. The fraction of sp³-hybridized carbons (Fsp3) is 0.304. The lowest BCUT2D eigenvalue weighted by Gasteiger charge is -2.36. The number of benzene rings is 2. The molecule has 176 valence electrons. The second-order valence-corrected chi connectivity index (χ2v) is 7.12. The van der Waals surface area contributed by atoms with Crippen molar-refractivity contribution < 1.29 is 14.1 Å². The minimum absolute atomic E-state index is 0. The third-order valence-corrected chi connectivity index (χ3v) is 5.41. The van der Waals surface area contributed by atoms with E-state index in [1.54, 1.807) is 34.1 Å². The van der Waals surface area contributed by atoms with Crippen molar-refractivity contribution >= 4 is 28.2 Å². The number of amides is 1. The molecule has 0 bridgehead atoms. The van der Waals surface area contributed by atoms with Crippen molar-refractivity contribution in [3.05, 3.63) is 80.4 Å². The van der Waals surface area contributed by atoms with E-state index in [1.165, 1.54) is 35.9 Å². The van der Waals surface area contributed by atoms with Crippen LogP contribution in [0.15, 0.2) is 53.3 Å². The highest BCUT2D eigenvalue weighted by molar-refractivity contribution is 5.97. The van der Waals surface area contributed by atoms with Crippen LogP contribution in [0.25, 0.3) is 10.9 Å². The largest absolute Gasteiger partial charge is 0.362 e.